The summed E-state index contributed by atoms with van der Waals surface area (Å²) < 4.78 is 0.437. The molecule has 0 spiro atoms. The Morgan fingerprint density at radius 1 is 1.69 bits per heavy atom. The average Bonchev–Trinajstić information content (AvgIpc) is 2.60. The SMILES string of the molecule is O=C1CC(CO)CN1c1ncc(Cl)nc1Br. The molecule has 0 aromatic carbocycles. The predicted octanol–water partition coefficient (Wildman–Crippen LogP) is 1.24. The fourth-order valence-corrected chi connectivity index (χ4v) is 2.37. The van der Waals surface area contributed by atoms with Crippen LogP contribution in [0.15, 0.2) is 10.8 Å². The van der Waals surface area contributed by atoms with E-state index in [0.29, 0.717) is 23.4 Å². The maximum Gasteiger partial charge on any atom is 0.228 e. The van der Waals surface area contributed by atoms with Gasteiger partial charge in [-0.2, -0.15) is 0 Å². The Labute approximate surface area is 106 Å². The number of hydrogen-bond acceptors (Lipinski definition) is 4. The van der Waals surface area contributed by atoms with Crippen LogP contribution in [0.2, 0.25) is 5.15 Å². The summed E-state index contributed by atoms with van der Waals surface area (Å²) in [7, 11) is 0. The van der Waals surface area contributed by atoms with Gasteiger partial charge in [0.15, 0.2) is 10.4 Å². The van der Waals surface area contributed by atoms with Crippen molar-refractivity contribution in [1.82, 2.24) is 9.97 Å². The maximum atomic E-state index is 11.7. The van der Waals surface area contributed by atoms with E-state index in [1.54, 1.807) is 0 Å². The Morgan fingerprint density at radius 3 is 3.00 bits per heavy atom. The van der Waals surface area contributed by atoms with Crippen molar-refractivity contribution < 1.29 is 9.90 Å². The van der Waals surface area contributed by atoms with Crippen LogP contribution in [0, 0.1) is 5.92 Å². The summed E-state index contributed by atoms with van der Waals surface area (Å²) in [5, 5.41) is 9.28. The molecule has 1 atom stereocenters. The number of halogens is 2. The van der Waals surface area contributed by atoms with Crippen LogP contribution in [0.25, 0.3) is 0 Å². The van der Waals surface area contributed by atoms with Gasteiger partial charge in [-0.05, 0) is 15.9 Å². The summed E-state index contributed by atoms with van der Waals surface area (Å²) >= 11 is 8.88. The van der Waals surface area contributed by atoms with Gasteiger partial charge < -0.3 is 5.11 Å². The zero-order chi connectivity index (χ0) is 11.7. The van der Waals surface area contributed by atoms with Crippen molar-refractivity contribution in [3.05, 3.63) is 16.0 Å². The Kier molecular flexibility index (Phi) is 3.41. The Morgan fingerprint density at radius 2 is 2.44 bits per heavy atom. The van der Waals surface area contributed by atoms with E-state index in [2.05, 4.69) is 25.9 Å². The molecule has 2 heterocycles. The molecule has 1 aliphatic heterocycles. The van der Waals surface area contributed by atoms with Crippen molar-refractivity contribution in [2.24, 2.45) is 5.92 Å². The fraction of sp³-hybridized carbons (Fsp3) is 0.444. The Bertz CT molecular complexity index is 429. The second kappa shape index (κ2) is 4.65. The van der Waals surface area contributed by atoms with Crippen LogP contribution in [0.3, 0.4) is 0 Å². The number of rotatable bonds is 2. The monoisotopic (exact) mass is 305 g/mol. The second-order valence-electron chi connectivity index (χ2n) is 3.56. The van der Waals surface area contributed by atoms with E-state index < -0.39 is 0 Å². The molecule has 5 nitrogen and oxygen atoms in total. The third-order valence-electron chi connectivity index (χ3n) is 2.40. The van der Waals surface area contributed by atoms with E-state index in [1.807, 2.05) is 0 Å². The average molecular weight is 307 g/mol. The molecule has 1 saturated heterocycles. The highest BCUT2D eigenvalue weighted by Gasteiger charge is 2.32. The molecule has 1 fully saturated rings. The molecule has 2 rings (SSSR count). The third-order valence-corrected chi connectivity index (χ3v) is 3.12. The van der Waals surface area contributed by atoms with Crippen molar-refractivity contribution in [2.75, 3.05) is 18.1 Å². The molecule has 0 aliphatic carbocycles. The molecule has 1 unspecified atom stereocenters. The van der Waals surface area contributed by atoms with Crippen LogP contribution in [0.1, 0.15) is 6.42 Å². The quantitative estimate of drug-likeness (QED) is 0.893. The van der Waals surface area contributed by atoms with Gasteiger partial charge in [-0.3, -0.25) is 9.69 Å². The zero-order valence-electron chi connectivity index (χ0n) is 8.23. The molecule has 0 saturated carbocycles. The molecule has 7 heteroatoms. The van der Waals surface area contributed by atoms with E-state index in [-0.39, 0.29) is 23.6 Å². The summed E-state index contributed by atoms with van der Waals surface area (Å²) in [6.07, 6.45) is 1.73. The van der Waals surface area contributed by atoms with E-state index in [4.69, 9.17) is 16.7 Å². The lowest BCUT2D eigenvalue weighted by molar-refractivity contribution is -0.117. The first-order chi connectivity index (χ1) is 7.61. The number of aromatic nitrogens is 2. The molecule has 0 radical (unpaired) electrons. The molecule has 86 valence electrons. The fourth-order valence-electron chi connectivity index (χ4n) is 1.63. The van der Waals surface area contributed by atoms with Gasteiger partial charge in [-0.15, -0.1) is 0 Å². The molecule has 16 heavy (non-hydrogen) atoms. The number of aliphatic hydroxyl groups is 1. The molecule has 1 aromatic rings. The van der Waals surface area contributed by atoms with Crippen molar-refractivity contribution in [3.63, 3.8) is 0 Å². The number of carbonyl (C=O) groups is 1. The highest BCUT2D eigenvalue weighted by atomic mass is 79.9. The zero-order valence-corrected chi connectivity index (χ0v) is 10.6. The largest absolute Gasteiger partial charge is 0.396 e. The van der Waals surface area contributed by atoms with E-state index in [0.717, 1.165) is 0 Å². The molecule has 1 aromatic heterocycles. The Hall–Kier alpha value is -0.720. The first-order valence-electron chi connectivity index (χ1n) is 4.71. The number of nitrogens with zero attached hydrogens (tertiary/aromatic N) is 3. The lowest BCUT2D eigenvalue weighted by Crippen LogP contribution is -2.26. The number of aliphatic hydroxyl groups excluding tert-OH is 1. The molecule has 0 bridgehead atoms. The third kappa shape index (κ3) is 2.18. The molecule has 1 amide bonds. The minimum absolute atomic E-state index is 0.000870. The topological polar surface area (TPSA) is 66.3 Å². The predicted molar refractivity (Wildman–Crippen MR) is 62.3 cm³/mol. The summed E-state index contributed by atoms with van der Waals surface area (Å²) in [6.45, 7) is 0.463. The number of anilines is 1. The molecular formula is C9H9BrClN3O2. The number of amides is 1. The molecule has 1 aliphatic rings. The smallest absolute Gasteiger partial charge is 0.228 e. The number of carbonyl (C=O) groups excluding carboxylic acids is 1. The lowest BCUT2D eigenvalue weighted by Gasteiger charge is -2.15. The van der Waals surface area contributed by atoms with Crippen LogP contribution < -0.4 is 4.90 Å². The van der Waals surface area contributed by atoms with Gasteiger partial charge in [-0.25, -0.2) is 9.97 Å². The van der Waals surface area contributed by atoms with E-state index in [1.165, 1.54) is 11.1 Å². The van der Waals surface area contributed by atoms with Crippen molar-refractivity contribution in [1.29, 1.82) is 0 Å². The molecular weight excluding hydrogens is 297 g/mol. The molecule has 1 N–H and O–H groups in total. The normalized spacial score (nSPS) is 20.6. The summed E-state index contributed by atoms with van der Waals surface area (Å²) in [4.78, 5) is 21.2. The summed E-state index contributed by atoms with van der Waals surface area (Å²) in [5.41, 5.74) is 0. The standard InChI is InChI=1S/C9H9BrClN3O2/c10-8-9(12-2-6(11)13-8)14-3-5(4-15)1-7(14)16/h2,5,15H,1,3-4H2. The first kappa shape index (κ1) is 11.8. The van der Waals surface area contributed by atoms with Gasteiger partial charge in [-0.1, -0.05) is 11.6 Å². The van der Waals surface area contributed by atoms with Crippen LogP contribution in [0.5, 0.6) is 0 Å². The van der Waals surface area contributed by atoms with Crippen molar-refractivity contribution in [3.8, 4) is 0 Å². The van der Waals surface area contributed by atoms with Crippen molar-refractivity contribution in [2.45, 2.75) is 6.42 Å². The van der Waals surface area contributed by atoms with Gasteiger partial charge in [0, 0.05) is 25.5 Å². The Balaban J connectivity index is 2.28. The van der Waals surface area contributed by atoms with Gasteiger partial charge in [0.05, 0.1) is 6.20 Å². The van der Waals surface area contributed by atoms with Crippen LogP contribution in [-0.2, 0) is 4.79 Å². The highest BCUT2D eigenvalue weighted by Crippen LogP contribution is 2.28. The summed E-state index contributed by atoms with van der Waals surface area (Å²) in [6, 6.07) is 0. The van der Waals surface area contributed by atoms with E-state index in [9.17, 15) is 4.79 Å². The second-order valence-corrected chi connectivity index (χ2v) is 4.70. The van der Waals surface area contributed by atoms with E-state index >= 15 is 0 Å². The first-order valence-corrected chi connectivity index (χ1v) is 5.88. The van der Waals surface area contributed by atoms with Gasteiger partial charge in [0.25, 0.3) is 0 Å². The maximum absolute atomic E-state index is 11.7. The van der Waals surface area contributed by atoms with Crippen LogP contribution >= 0.6 is 27.5 Å². The minimum atomic E-state index is -0.0589. The minimum Gasteiger partial charge on any atom is -0.396 e. The van der Waals surface area contributed by atoms with Gasteiger partial charge in [0.2, 0.25) is 5.91 Å². The van der Waals surface area contributed by atoms with Crippen LogP contribution in [-0.4, -0.2) is 34.1 Å². The van der Waals surface area contributed by atoms with Crippen molar-refractivity contribution >= 4 is 39.3 Å². The van der Waals surface area contributed by atoms with Gasteiger partial charge in [0.1, 0.15) is 5.15 Å². The van der Waals surface area contributed by atoms with Gasteiger partial charge >= 0.3 is 0 Å². The highest BCUT2D eigenvalue weighted by molar-refractivity contribution is 9.10. The number of hydrogen-bond donors (Lipinski definition) is 1. The van der Waals surface area contributed by atoms with Crippen LogP contribution in [0.4, 0.5) is 5.82 Å². The lowest BCUT2D eigenvalue weighted by atomic mass is 10.1. The summed E-state index contributed by atoms with van der Waals surface area (Å²) in [5.74, 6) is 0.360.